The summed E-state index contributed by atoms with van der Waals surface area (Å²) in [6.45, 7) is -0.0144. The van der Waals surface area contributed by atoms with E-state index in [1.807, 2.05) is 0 Å². The Hall–Kier alpha value is -1.10. The topological polar surface area (TPSA) is 89.4 Å². The lowest BCUT2D eigenvalue weighted by molar-refractivity contribution is -0.139. The van der Waals surface area contributed by atoms with Gasteiger partial charge in [0.25, 0.3) is 0 Å². The van der Waals surface area contributed by atoms with Gasteiger partial charge in [0.05, 0.1) is 12.5 Å². The summed E-state index contributed by atoms with van der Waals surface area (Å²) < 4.78 is 0. The van der Waals surface area contributed by atoms with Crippen LogP contribution in [0, 0.1) is 17.8 Å². The molecule has 0 saturated heterocycles. The van der Waals surface area contributed by atoms with Crippen molar-refractivity contribution in [2.24, 2.45) is 29.2 Å². The van der Waals surface area contributed by atoms with Crippen molar-refractivity contribution in [2.45, 2.75) is 25.3 Å². The van der Waals surface area contributed by atoms with Gasteiger partial charge in [0, 0.05) is 13.1 Å². The molecular formula is C11H19N3O2. The van der Waals surface area contributed by atoms with E-state index in [2.05, 4.69) is 0 Å². The number of rotatable bonds is 3. The maximum Gasteiger partial charge on any atom is 0.237 e. The van der Waals surface area contributed by atoms with Crippen molar-refractivity contribution in [3.05, 3.63) is 0 Å². The number of likely N-dealkylation sites (N-methyl/N-ethyl adjacent to an activating group) is 1. The summed E-state index contributed by atoms with van der Waals surface area (Å²) in [7, 11) is 1.62. The quantitative estimate of drug-likeness (QED) is 0.665. The van der Waals surface area contributed by atoms with Gasteiger partial charge in [0.2, 0.25) is 11.8 Å². The van der Waals surface area contributed by atoms with E-state index in [1.54, 1.807) is 7.05 Å². The van der Waals surface area contributed by atoms with E-state index < -0.39 is 5.91 Å². The van der Waals surface area contributed by atoms with Gasteiger partial charge in [-0.3, -0.25) is 9.59 Å². The van der Waals surface area contributed by atoms with Crippen LogP contribution in [0.2, 0.25) is 0 Å². The third-order valence-electron chi connectivity index (χ3n) is 4.04. The van der Waals surface area contributed by atoms with Crippen molar-refractivity contribution in [3.8, 4) is 0 Å². The van der Waals surface area contributed by atoms with E-state index in [1.165, 1.54) is 4.90 Å². The molecule has 0 aromatic rings. The molecular weight excluding hydrogens is 206 g/mol. The molecule has 4 N–H and O–H groups in total. The molecule has 2 aliphatic carbocycles. The van der Waals surface area contributed by atoms with Gasteiger partial charge in [-0.05, 0) is 31.1 Å². The second-order valence-corrected chi connectivity index (χ2v) is 5.10. The number of hydrogen-bond acceptors (Lipinski definition) is 3. The molecule has 90 valence electrons. The molecule has 16 heavy (non-hydrogen) atoms. The second kappa shape index (κ2) is 4.05. The third kappa shape index (κ3) is 1.80. The normalized spacial score (nSPS) is 36.4. The lowest BCUT2D eigenvalue weighted by Crippen LogP contribution is -2.47. The number of nitrogens with zero attached hydrogens (tertiary/aromatic N) is 1. The Morgan fingerprint density at radius 2 is 1.94 bits per heavy atom. The van der Waals surface area contributed by atoms with Gasteiger partial charge in [-0.15, -0.1) is 0 Å². The standard InChI is InChI=1S/C11H19N3O2/c1-14(5-8(12)15)11(16)9-6-2-3-7(4-6)10(9)13/h6-7,9-10H,2-5,13H2,1H3,(H2,12,15). The molecule has 4 unspecified atom stereocenters. The van der Waals surface area contributed by atoms with Crippen molar-refractivity contribution >= 4 is 11.8 Å². The summed E-state index contributed by atoms with van der Waals surface area (Å²) in [6, 6.07) is -0.0263. The first-order valence-electron chi connectivity index (χ1n) is 5.79. The van der Waals surface area contributed by atoms with Crippen LogP contribution in [0.1, 0.15) is 19.3 Å². The lowest BCUT2D eigenvalue weighted by atomic mass is 9.84. The zero-order valence-electron chi connectivity index (χ0n) is 9.56. The molecule has 0 radical (unpaired) electrons. The Kier molecular flexibility index (Phi) is 2.88. The van der Waals surface area contributed by atoms with E-state index in [9.17, 15) is 9.59 Å². The molecule has 0 aromatic carbocycles. The Morgan fingerprint density at radius 1 is 1.31 bits per heavy atom. The van der Waals surface area contributed by atoms with Gasteiger partial charge in [-0.25, -0.2) is 0 Å². The van der Waals surface area contributed by atoms with Crippen LogP contribution in [0.5, 0.6) is 0 Å². The maximum absolute atomic E-state index is 12.1. The second-order valence-electron chi connectivity index (χ2n) is 5.10. The van der Waals surface area contributed by atoms with E-state index >= 15 is 0 Å². The number of primary amides is 1. The number of fused-ring (bicyclic) bond motifs is 2. The largest absolute Gasteiger partial charge is 0.368 e. The smallest absolute Gasteiger partial charge is 0.237 e. The minimum Gasteiger partial charge on any atom is -0.368 e. The van der Waals surface area contributed by atoms with Crippen LogP contribution in [0.15, 0.2) is 0 Å². The Balaban J connectivity index is 2.02. The van der Waals surface area contributed by atoms with Crippen molar-refractivity contribution in [3.63, 3.8) is 0 Å². The highest BCUT2D eigenvalue weighted by Crippen LogP contribution is 2.48. The minimum atomic E-state index is -0.479. The van der Waals surface area contributed by atoms with Crippen LogP contribution in [-0.2, 0) is 9.59 Å². The molecule has 0 aromatic heterocycles. The molecule has 2 bridgehead atoms. The fourth-order valence-corrected chi connectivity index (χ4v) is 3.27. The summed E-state index contributed by atoms with van der Waals surface area (Å²) in [5.41, 5.74) is 11.1. The molecule has 2 aliphatic rings. The van der Waals surface area contributed by atoms with E-state index in [4.69, 9.17) is 11.5 Å². The highest BCUT2D eigenvalue weighted by molar-refractivity contribution is 5.85. The highest BCUT2D eigenvalue weighted by atomic mass is 16.2. The highest BCUT2D eigenvalue weighted by Gasteiger charge is 2.49. The summed E-state index contributed by atoms with van der Waals surface area (Å²) in [4.78, 5) is 24.3. The number of nitrogens with two attached hydrogens (primary N) is 2. The molecule has 0 spiro atoms. The fraction of sp³-hybridized carbons (Fsp3) is 0.818. The van der Waals surface area contributed by atoms with E-state index in [0.29, 0.717) is 11.8 Å². The average molecular weight is 225 g/mol. The summed E-state index contributed by atoms with van der Waals surface area (Å²) in [6.07, 6.45) is 3.32. The predicted octanol–water partition coefficient (Wildman–Crippen LogP) is -0.696. The zero-order valence-corrected chi connectivity index (χ0v) is 9.56. The van der Waals surface area contributed by atoms with Crippen LogP contribution < -0.4 is 11.5 Å². The van der Waals surface area contributed by atoms with E-state index in [0.717, 1.165) is 19.3 Å². The van der Waals surface area contributed by atoms with Gasteiger partial charge in [0.1, 0.15) is 0 Å². The number of carbonyl (C=O) groups excluding carboxylic acids is 2. The molecule has 2 amide bonds. The first-order valence-corrected chi connectivity index (χ1v) is 5.79. The summed E-state index contributed by atoms with van der Waals surface area (Å²) >= 11 is 0. The van der Waals surface area contributed by atoms with Gasteiger partial charge in [-0.1, -0.05) is 0 Å². The van der Waals surface area contributed by atoms with E-state index in [-0.39, 0.29) is 24.4 Å². The Bertz CT molecular complexity index is 316. The number of carbonyl (C=O) groups is 2. The SMILES string of the molecule is CN(CC(N)=O)C(=O)C1C2CCC(C2)C1N. The van der Waals surface area contributed by atoms with Gasteiger partial charge in [-0.2, -0.15) is 0 Å². The van der Waals surface area contributed by atoms with Crippen molar-refractivity contribution in [1.29, 1.82) is 0 Å². The molecule has 2 saturated carbocycles. The Labute approximate surface area is 95.1 Å². The van der Waals surface area contributed by atoms with Crippen molar-refractivity contribution < 1.29 is 9.59 Å². The molecule has 0 aliphatic heterocycles. The predicted molar refractivity (Wildman–Crippen MR) is 59.1 cm³/mol. The number of amides is 2. The first kappa shape index (κ1) is 11.4. The number of hydrogen-bond donors (Lipinski definition) is 2. The third-order valence-corrected chi connectivity index (χ3v) is 4.04. The summed E-state index contributed by atoms with van der Waals surface area (Å²) in [5, 5.41) is 0. The first-order chi connectivity index (χ1) is 7.50. The van der Waals surface area contributed by atoms with Gasteiger partial charge in [0.15, 0.2) is 0 Å². The van der Waals surface area contributed by atoms with Crippen molar-refractivity contribution in [1.82, 2.24) is 4.90 Å². The molecule has 4 atom stereocenters. The fourth-order valence-electron chi connectivity index (χ4n) is 3.27. The average Bonchev–Trinajstić information content (AvgIpc) is 2.75. The van der Waals surface area contributed by atoms with Gasteiger partial charge >= 0.3 is 0 Å². The van der Waals surface area contributed by atoms with Crippen molar-refractivity contribution in [2.75, 3.05) is 13.6 Å². The zero-order chi connectivity index (χ0) is 11.9. The molecule has 0 heterocycles. The molecule has 2 fully saturated rings. The maximum atomic E-state index is 12.1. The van der Waals surface area contributed by atoms with Crippen LogP contribution in [0.3, 0.4) is 0 Å². The molecule has 5 nitrogen and oxygen atoms in total. The molecule has 2 rings (SSSR count). The van der Waals surface area contributed by atoms with Gasteiger partial charge < -0.3 is 16.4 Å². The van der Waals surface area contributed by atoms with Crippen LogP contribution in [0.4, 0.5) is 0 Å². The Morgan fingerprint density at radius 3 is 2.44 bits per heavy atom. The lowest BCUT2D eigenvalue weighted by Gasteiger charge is -2.30. The van der Waals surface area contributed by atoms with Crippen LogP contribution >= 0.6 is 0 Å². The van der Waals surface area contributed by atoms with Crippen LogP contribution in [-0.4, -0.2) is 36.3 Å². The molecule has 5 heteroatoms. The minimum absolute atomic E-state index is 0.0144. The summed E-state index contributed by atoms with van der Waals surface area (Å²) in [5.74, 6) is 0.331. The van der Waals surface area contributed by atoms with Crippen LogP contribution in [0.25, 0.3) is 0 Å². The monoisotopic (exact) mass is 225 g/mol.